The number of carbonyl (C=O) groups excluding carboxylic acids is 1. The fourth-order valence-electron chi connectivity index (χ4n) is 3.89. The predicted molar refractivity (Wildman–Crippen MR) is 83.8 cm³/mol. The Bertz CT molecular complexity index is 279. The fourth-order valence-corrected chi connectivity index (χ4v) is 3.89. The standard InChI is InChI=1S/C17H33NO2/c1-5-9-15-10-12-17(13-11-15,18(6-2)7-3)14-16(19)20-8-4/h15H,5-14H2,1-4H3. The van der Waals surface area contributed by atoms with Gasteiger partial charge < -0.3 is 4.74 Å². The zero-order valence-corrected chi connectivity index (χ0v) is 13.9. The molecule has 3 nitrogen and oxygen atoms in total. The molecule has 0 atom stereocenters. The second kappa shape index (κ2) is 8.66. The largest absolute Gasteiger partial charge is 0.466 e. The highest BCUT2D eigenvalue weighted by Crippen LogP contribution is 2.40. The molecule has 0 amide bonds. The first-order valence-corrected chi connectivity index (χ1v) is 8.52. The van der Waals surface area contributed by atoms with Crippen molar-refractivity contribution in [3.05, 3.63) is 0 Å². The lowest BCUT2D eigenvalue weighted by atomic mass is 9.72. The Balaban J connectivity index is 2.73. The molecular weight excluding hydrogens is 250 g/mol. The summed E-state index contributed by atoms with van der Waals surface area (Å²) in [4.78, 5) is 14.5. The van der Waals surface area contributed by atoms with Crippen LogP contribution in [0.5, 0.6) is 0 Å². The molecule has 3 heteroatoms. The maximum Gasteiger partial charge on any atom is 0.307 e. The number of ether oxygens (including phenoxy) is 1. The summed E-state index contributed by atoms with van der Waals surface area (Å²) >= 11 is 0. The third-order valence-corrected chi connectivity index (χ3v) is 4.95. The van der Waals surface area contributed by atoms with Gasteiger partial charge in [-0.15, -0.1) is 0 Å². The molecule has 0 N–H and O–H groups in total. The molecule has 0 saturated heterocycles. The van der Waals surface area contributed by atoms with E-state index in [-0.39, 0.29) is 11.5 Å². The highest BCUT2D eigenvalue weighted by atomic mass is 16.5. The van der Waals surface area contributed by atoms with Crippen LogP contribution in [0.3, 0.4) is 0 Å². The number of esters is 1. The second-order valence-corrected chi connectivity index (χ2v) is 6.11. The van der Waals surface area contributed by atoms with E-state index in [0.29, 0.717) is 13.0 Å². The minimum Gasteiger partial charge on any atom is -0.466 e. The van der Waals surface area contributed by atoms with Crippen LogP contribution in [0.15, 0.2) is 0 Å². The number of hydrogen-bond acceptors (Lipinski definition) is 3. The van der Waals surface area contributed by atoms with Crippen molar-refractivity contribution in [3.8, 4) is 0 Å². The van der Waals surface area contributed by atoms with E-state index in [1.54, 1.807) is 0 Å². The summed E-state index contributed by atoms with van der Waals surface area (Å²) < 4.78 is 5.22. The quantitative estimate of drug-likeness (QED) is 0.630. The van der Waals surface area contributed by atoms with E-state index in [1.165, 1.54) is 25.7 Å². The van der Waals surface area contributed by atoms with E-state index in [0.717, 1.165) is 31.8 Å². The summed E-state index contributed by atoms with van der Waals surface area (Å²) in [7, 11) is 0. The number of nitrogens with zero attached hydrogens (tertiary/aromatic N) is 1. The van der Waals surface area contributed by atoms with E-state index >= 15 is 0 Å². The fraction of sp³-hybridized carbons (Fsp3) is 0.941. The van der Waals surface area contributed by atoms with Gasteiger partial charge in [0.1, 0.15) is 0 Å². The molecule has 1 aliphatic rings. The third kappa shape index (κ3) is 4.47. The van der Waals surface area contributed by atoms with E-state index in [2.05, 4.69) is 25.7 Å². The zero-order valence-electron chi connectivity index (χ0n) is 13.9. The molecule has 1 saturated carbocycles. The van der Waals surface area contributed by atoms with Gasteiger partial charge in [0, 0.05) is 5.54 Å². The van der Waals surface area contributed by atoms with E-state index in [9.17, 15) is 4.79 Å². The van der Waals surface area contributed by atoms with Crippen molar-refractivity contribution in [3.63, 3.8) is 0 Å². The van der Waals surface area contributed by atoms with Crippen LogP contribution in [0.4, 0.5) is 0 Å². The first kappa shape index (κ1) is 17.5. The van der Waals surface area contributed by atoms with Gasteiger partial charge in [0.05, 0.1) is 13.0 Å². The topological polar surface area (TPSA) is 29.5 Å². The first-order valence-electron chi connectivity index (χ1n) is 8.52. The van der Waals surface area contributed by atoms with Gasteiger partial charge in [-0.2, -0.15) is 0 Å². The highest BCUT2D eigenvalue weighted by molar-refractivity contribution is 5.71. The van der Waals surface area contributed by atoms with Gasteiger partial charge in [-0.3, -0.25) is 9.69 Å². The second-order valence-electron chi connectivity index (χ2n) is 6.11. The Hall–Kier alpha value is -0.570. The molecule has 0 unspecified atom stereocenters. The van der Waals surface area contributed by atoms with Crippen molar-refractivity contribution in [2.24, 2.45) is 5.92 Å². The van der Waals surface area contributed by atoms with Crippen LogP contribution < -0.4 is 0 Å². The molecule has 1 fully saturated rings. The molecule has 0 aromatic carbocycles. The van der Waals surface area contributed by atoms with Crippen molar-refractivity contribution < 1.29 is 9.53 Å². The lowest BCUT2D eigenvalue weighted by molar-refractivity contribution is -0.147. The Morgan fingerprint density at radius 2 is 1.75 bits per heavy atom. The van der Waals surface area contributed by atoms with Gasteiger partial charge in [-0.25, -0.2) is 0 Å². The van der Waals surface area contributed by atoms with Crippen LogP contribution in [0, 0.1) is 5.92 Å². The maximum absolute atomic E-state index is 12.0. The lowest BCUT2D eigenvalue weighted by Crippen LogP contribution is -2.52. The number of carbonyl (C=O) groups is 1. The van der Waals surface area contributed by atoms with Crippen molar-refractivity contribution in [2.75, 3.05) is 19.7 Å². The zero-order chi connectivity index (χ0) is 15.0. The van der Waals surface area contributed by atoms with Crippen LogP contribution in [0.2, 0.25) is 0 Å². The van der Waals surface area contributed by atoms with Crippen LogP contribution >= 0.6 is 0 Å². The molecule has 118 valence electrons. The van der Waals surface area contributed by atoms with Crippen molar-refractivity contribution in [1.29, 1.82) is 0 Å². The molecular formula is C17H33NO2. The summed E-state index contributed by atoms with van der Waals surface area (Å²) in [5.41, 5.74) is 0.0556. The average Bonchev–Trinajstić information content (AvgIpc) is 2.43. The Labute approximate surface area is 125 Å². The van der Waals surface area contributed by atoms with Gasteiger partial charge >= 0.3 is 5.97 Å². The summed E-state index contributed by atoms with van der Waals surface area (Å²) in [6.45, 7) is 11.1. The van der Waals surface area contributed by atoms with Crippen molar-refractivity contribution in [2.45, 2.75) is 78.2 Å². The molecule has 0 aliphatic heterocycles. The van der Waals surface area contributed by atoms with Crippen LogP contribution in [0.1, 0.15) is 72.6 Å². The molecule has 0 spiro atoms. The highest BCUT2D eigenvalue weighted by Gasteiger charge is 2.40. The average molecular weight is 283 g/mol. The molecule has 1 rings (SSSR count). The minimum absolute atomic E-state index is 0.0201. The summed E-state index contributed by atoms with van der Waals surface area (Å²) in [6.07, 6.45) is 8.03. The van der Waals surface area contributed by atoms with E-state index in [1.807, 2.05) is 6.92 Å². The molecule has 20 heavy (non-hydrogen) atoms. The third-order valence-electron chi connectivity index (χ3n) is 4.95. The monoisotopic (exact) mass is 283 g/mol. The first-order chi connectivity index (χ1) is 9.61. The lowest BCUT2D eigenvalue weighted by Gasteiger charge is -2.47. The van der Waals surface area contributed by atoms with E-state index in [4.69, 9.17) is 4.74 Å². The number of rotatable bonds is 8. The van der Waals surface area contributed by atoms with Crippen LogP contribution in [0.25, 0.3) is 0 Å². The van der Waals surface area contributed by atoms with Gasteiger partial charge in [0.15, 0.2) is 0 Å². The summed E-state index contributed by atoms with van der Waals surface area (Å²) in [6, 6.07) is 0. The molecule has 0 aromatic rings. The molecule has 0 heterocycles. The van der Waals surface area contributed by atoms with Crippen molar-refractivity contribution in [1.82, 2.24) is 4.90 Å². The summed E-state index contributed by atoms with van der Waals surface area (Å²) in [5.74, 6) is 0.847. The molecule has 1 aliphatic carbocycles. The Kier molecular flexibility index (Phi) is 7.57. The molecule has 0 aromatic heterocycles. The number of hydrogen-bond donors (Lipinski definition) is 0. The Morgan fingerprint density at radius 1 is 1.15 bits per heavy atom. The molecule has 0 bridgehead atoms. The molecule has 0 radical (unpaired) electrons. The summed E-state index contributed by atoms with van der Waals surface area (Å²) in [5, 5.41) is 0. The smallest absolute Gasteiger partial charge is 0.307 e. The van der Waals surface area contributed by atoms with Crippen LogP contribution in [-0.2, 0) is 9.53 Å². The maximum atomic E-state index is 12.0. The predicted octanol–water partition coefficient (Wildman–Crippen LogP) is 4.01. The van der Waals surface area contributed by atoms with Gasteiger partial charge in [0.25, 0.3) is 0 Å². The minimum atomic E-state index is -0.0201. The van der Waals surface area contributed by atoms with Crippen molar-refractivity contribution >= 4 is 5.97 Å². The SMILES string of the molecule is CCCC1CCC(CC(=O)OCC)(N(CC)CC)CC1. The van der Waals surface area contributed by atoms with Gasteiger partial charge in [-0.1, -0.05) is 33.6 Å². The van der Waals surface area contributed by atoms with Crippen LogP contribution in [-0.4, -0.2) is 36.1 Å². The van der Waals surface area contributed by atoms with Gasteiger partial charge in [0.2, 0.25) is 0 Å². The van der Waals surface area contributed by atoms with E-state index < -0.39 is 0 Å². The van der Waals surface area contributed by atoms with Gasteiger partial charge in [-0.05, 0) is 51.6 Å². The Morgan fingerprint density at radius 3 is 2.20 bits per heavy atom. The normalized spacial score (nSPS) is 26.8.